The van der Waals surface area contributed by atoms with Gasteiger partial charge in [0.05, 0.1) is 12.2 Å². The first-order valence-electron chi connectivity index (χ1n) is 9.37. The molecule has 2 nitrogen and oxygen atoms in total. The van der Waals surface area contributed by atoms with E-state index in [1.165, 1.54) is 31.3 Å². The van der Waals surface area contributed by atoms with E-state index in [0.717, 1.165) is 31.3 Å². The first-order valence-corrected chi connectivity index (χ1v) is 9.37. The van der Waals surface area contributed by atoms with Crippen molar-refractivity contribution in [3.05, 3.63) is 36.0 Å². The fourth-order valence-corrected chi connectivity index (χ4v) is 6.68. The van der Waals surface area contributed by atoms with Gasteiger partial charge in [-0.25, -0.2) is 0 Å². The fraction of sp³-hybridized carbons (Fsp3) is 0.667. The summed E-state index contributed by atoms with van der Waals surface area (Å²) < 4.78 is 6.28. The van der Waals surface area contributed by atoms with Gasteiger partial charge in [-0.2, -0.15) is 0 Å². The molecule has 0 radical (unpaired) electrons. The van der Waals surface area contributed by atoms with Crippen molar-refractivity contribution in [2.45, 2.75) is 51.0 Å². The van der Waals surface area contributed by atoms with Gasteiger partial charge in [0.25, 0.3) is 0 Å². The lowest BCUT2D eigenvalue weighted by molar-refractivity contribution is -0.116. The van der Waals surface area contributed by atoms with Crippen LogP contribution in [0.4, 0.5) is 0 Å². The topological polar surface area (TPSA) is 26.3 Å². The predicted molar refractivity (Wildman–Crippen MR) is 89.8 cm³/mol. The van der Waals surface area contributed by atoms with Gasteiger partial charge in [-0.15, -0.1) is 0 Å². The van der Waals surface area contributed by atoms with Gasteiger partial charge in [-0.3, -0.25) is 4.79 Å². The van der Waals surface area contributed by atoms with Crippen LogP contribution in [0.25, 0.3) is 0 Å². The summed E-state index contributed by atoms with van der Waals surface area (Å²) in [5, 5.41) is 0. The molecule has 1 aliphatic heterocycles. The van der Waals surface area contributed by atoms with Gasteiger partial charge in [-0.05, 0) is 67.4 Å². The van der Waals surface area contributed by atoms with E-state index in [0.29, 0.717) is 17.6 Å². The fourth-order valence-electron chi connectivity index (χ4n) is 6.68. The summed E-state index contributed by atoms with van der Waals surface area (Å²) in [6.07, 6.45) is 18.1. The third kappa shape index (κ3) is 1.76. The van der Waals surface area contributed by atoms with Crippen molar-refractivity contribution < 1.29 is 9.53 Å². The molecule has 2 saturated carbocycles. The van der Waals surface area contributed by atoms with Crippen LogP contribution < -0.4 is 0 Å². The zero-order chi connectivity index (χ0) is 15.7. The quantitative estimate of drug-likeness (QED) is 0.626. The van der Waals surface area contributed by atoms with E-state index in [-0.39, 0.29) is 11.0 Å². The van der Waals surface area contributed by atoms with Gasteiger partial charge >= 0.3 is 0 Å². The lowest BCUT2D eigenvalue weighted by Gasteiger charge is -2.54. The molecule has 0 aromatic rings. The van der Waals surface area contributed by atoms with Crippen molar-refractivity contribution in [3.63, 3.8) is 0 Å². The Balaban J connectivity index is 1.52. The van der Waals surface area contributed by atoms with Crippen LogP contribution >= 0.6 is 0 Å². The van der Waals surface area contributed by atoms with E-state index < -0.39 is 0 Å². The Hall–Kier alpha value is -1.15. The molecule has 1 spiro atoms. The molecule has 4 aliphatic carbocycles. The van der Waals surface area contributed by atoms with E-state index in [4.69, 9.17) is 4.74 Å². The molecule has 2 fully saturated rings. The molecule has 0 saturated heterocycles. The average Bonchev–Trinajstić information content (AvgIpc) is 3.14. The van der Waals surface area contributed by atoms with Crippen LogP contribution in [0.2, 0.25) is 0 Å². The molecule has 0 aromatic heterocycles. The highest BCUT2D eigenvalue weighted by Gasteiger charge is 2.62. The van der Waals surface area contributed by atoms with Crippen molar-refractivity contribution in [3.8, 4) is 0 Å². The number of carbonyl (C=O) groups excluding carboxylic acids is 1. The van der Waals surface area contributed by atoms with Crippen LogP contribution in [0.1, 0.15) is 45.4 Å². The number of carbonyl (C=O) groups is 1. The highest BCUT2D eigenvalue weighted by Crippen LogP contribution is 2.65. The average molecular weight is 310 g/mol. The number of rotatable bonds is 0. The van der Waals surface area contributed by atoms with Gasteiger partial charge in [0.1, 0.15) is 0 Å². The predicted octanol–water partition coefficient (Wildman–Crippen LogP) is 4.23. The molecule has 0 bridgehead atoms. The minimum Gasteiger partial charge on any atom is -0.366 e. The SMILES string of the molecule is CC12CCC3C4CCC(=O)C=C4C=CC3C1CCC21C=CCO1. The molecule has 6 unspecified atom stereocenters. The molecule has 0 amide bonds. The van der Waals surface area contributed by atoms with E-state index >= 15 is 0 Å². The minimum atomic E-state index is 0.00905. The zero-order valence-corrected chi connectivity index (χ0v) is 14.0. The number of ether oxygens (including phenoxy) is 1. The van der Waals surface area contributed by atoms with E-state index in [9.17, 15) is 4.79 Å². The van der Waals surface area contributed by atoms with Gasteiger partial charge < -0.3 is 4.74 Å². The third-order valence-electron chi connectivity index (χ3n) is 7.88. The first kappa shape index (κ1) is 14.2. The van der Waals surface area contributed by atoms with Crippen molar-refractivity contribution in [1.29, 1.82) is 0 Å². The second kappa shape index (κ2) is 4.69. The summed E-state index contributed by atoms with van der Waals surface area (Å²) in [6.45, 7) is 3.28. The van der Waals surface area contributed by atoms with Crippen LogP contribution in [0, 0.1) is 29.1 Å². The van der Waals surface area contributed by atoms with E-state index in [1.54, 1.807) is 0 Å². The Bertz CT molecular complexity index is 642. The molecule has 0 N–H and O–H groups in total. The molecule has 5 aliphatic rings. The summed E-state index contributed by atoms with van der Waals surface area (Å²) >= 11 is 0. The molecule has 122 valence electrons. The summed E-state index contributed by atoms with van der Waals surface area (Å²) in [5.41, 5.74) is 1.61. The molecule has 23 heavy (non-hydrogen) atoms. The summed E-state index contributed by atoms with van der Waals surface area (Å²) in [5.74, 6) is 3.12. The van der Waals surface area contributed by atoms with Crippen molar-refractivity contribution in [2.24, 2.45) is 29.1 Å². The van der Waals surface area contributed by atoms with Crippen LogP contribution in [0.15, 0.2) is 36.0 Å². The second-order valence-corrected chi connectivity index (χ2v) is 8.56. The van der Waals surface area contributed by atoms with E-state index in [2.05, 4.69) is 31.2 Å². The normalized spacial score (nSPS) is 50.7. The molecular formula is C21H26O2. The van der Waals surface area contributed by atoms with Gasteiger partial charge in [0.15, 0.2) is 5.78 Å². The maximum atomic E-state index is 11.7. The van der Waals surface area contributed by atoms with Gasteiger partial charge in [-0.1, -0.05) is 31.2 Å². The van der Waals surface area contributed by atoms with Gasteiger partial charge in [0, 0.05) is 11.8 Å². The third-order valence-corrected chi connectivity index (χ3v) is 7.88. The highest BCUT2D eigenvalue weighted by atomic mass is 16.5. The maximum Gasteiger partial charge on any atom is 0.155 e. The Kier molecular flexibility index (Phi) is 2.90. The second-order valence-electron chi connectivity index (χ2n) is 8.56. The molecule has 5 rings (SSSR count). The molecule has 2 heteroatoms. The van der Waals surface area contributed by atoms with Crippen molar-refractivity contribution in [1.82, 2.24) is 0 Å². The van der Waals surface area contributed by atoms with Crippen LogP contribution in [-0.4, -0.2) is 18.0 Å². The standard InChI is InChI=1S/C21H26O2/c1-20-10-7-17-16-6-4-15(22)13-14(16)3-5-18(17)19(20)8-11-21(20)9-2-12-23-21/h2-3,5,9,13,16-19H,4,6-8,10-12H2,1H3. The van der Waals surface area contributed by atoms with Crippen LogP contribution in [0.3, 0.4) is 0 Å². The smallest absolute Gasteiger partial charge is 0.155 e. The Morgan fingerprint density at radius 3 is 2.96 bits per heavy atom. The van der Waals surface area contributed by atoms with Crippen molar-refractivity contribution >= 4 is 5.78 Å². The van der Waals surface area contributed by atoms with Crippen molar-refractivity contribution in [2.75, 3.05) is 6.61 Å². The summed E-state index contributed by atoms with van der Waals surface area (Å²) in [4.78, 5) is 11.7. The molecule has 0 aromatic carbocycles. The molecule has 6 atom stereocenters. The minimum absolute atomic E-state index is 0.00905. The van der Waals surface area contributed by atoms with Crippen LogP contribution in [0.5, 0.6) is 0 Å². The largest absolute Gasteiger partial charge is 0.366 e. The highest BCUT2D eigenvalue weighted by molar-refractivity contribution is 5.91. The lowest BCUT2D eigenvalue weighted by Crippen LogP contribution is -2.51. The Morgan fingerprint density at radius 2 is 2.13 bits per heavy atom. The summed E-state index contributed by atoms with van der Waals surface area (Å²) in [6, 6.07) is 0. The van der Waals surface area contributed by atoms with Gasteiger partial charge in [0.2, 0.25) is 0 Å². The monoisotopic (exact) mass is 310 g/mol. The molecule has 1 heterocycles. The number of ketones is 1. The number of hydrogen-bond donors (Lipinski definition) is 0. The zero-order valence-electron chi connectivity index (χ0n) is 14.0. The molecular weight excluding hydrogens is 284 g/mol. The summed E-state index contributed by atoms with van der Waals surface area (Å²) in [7, 11) is 0. The number of fused-ring (bicyclic) bond motifs is 6. The Morgan fingerprint density at radius 1 is 1.22 bits per heavy atom. The first-order chi connectivity index (χ1) is 11.1. The van der Waals surface area contributed by atoms with E-state index in [1.807, 2.05) is 6.08 Å². The lowest BCUT2D eigenvalue weighted by atomic mass is 9.52. The number of allylic oxidation sites excluding steroid dienone is 4. The Labute approximate surface area is 138 Å². The number of hydrogen-bond acceptors (Lipinski definition) is 2. The van der Waals surface area contributed by atoms with Crippen LogP contribution in [-0.2, 0) is 9.53 Å². The maximum absolute atomic E-state index is 11.7.